The average Bonchev–Trinajstić information content (AvgIpc) is 3.17. The second-order valence-electron chi connectivity index (χ2n) is 19.5. The van der Waals surface area contributed by atoms with E-state index in [1.165, 1.54) is 46.8 Å². The number of nitrogens with one attached hydrogen (secondary N) is 1. The Labute approximate surface area is 364 Å². The smallest absolute Gasteiger partial charge is 0.481 e. The van der Waals surface area contributed by atoms with Crippen LogP contribution in [-0.2, 0) is 52.3 Å². The molecule has 0 spiro atoms. The van der Waals surface area contributed by atoms with E-state index in [1.54, 1.807) is 39.0 Å². The lowest BCUT2D eigenvalue weighted by atomic mass is 9.43. The Balaban J connectivity index is 1.79. The summed E-state index contributed by atoms with van der Waals surface area (Å²) in [7, 11) is 1.03. The Kier molecular flexibility index (Phi) is 12.8. The third kappa shape index (κ3) is 8.16. The molecular formula is C44H59NO18. The third-order valence-corrected chi connectivity index (χ3v) is 13.6. The number of benzene rings is 1. The Bertz CT molecular complexity index is 2070. The third-order valence-electron chi connectivity index (χ3n) is 13.6. The second kappa shape index (κ2) is 16.5. The molecule has 2 saturated carbocycles. The molecule has 1 saturated heterocycles. The normalized spacial score (nSPS) is 33.3. The first-order valence-electron chi connectivity index (χ1n) is 20.5. The van der Waals surface area contributed by atoms with Crippen LogP contribution in [0.3, 0.4) is 0 Å². The van der Waals surface area contributed by atoms with Crippen molar-refractivity contribution in [2.75, 3.05) is 13.7 Å². The molecule has 4 aliphatic rings. The zero-order valence-corrected chi connectivity index (χ0v) is 37.6. The Hall–Kier alpha value is -5.11. The Morgan fingerprint density at radius 1 is 0.968 bits per heavy atom. The van der Waals surface area contributed by atoms with Gasteiger partial charge < -0.3 is 58.9 Å². The molecule has 63 heavy (non-hydrogen) atoms. The number of carboxylic acid groups (broad SMARTS) is 1. The first-order valence-corrected chi connectivity index (χ1v) is 20.5. The quantitative estimate of drug-likeness (QED) is 0.166. The van der Waals surface area contributed by atoms with E-state index in [1.807, 2.05) is 0 Å². The first kappa shape index (κ1) is 48.9. The Morgan fingerprint density at radius 2 is 1.57 bits per heavy atom. The largest absolute Gasteiger partial charge is 0.508 e. The number of esters is 3. The zero-order valence-electron chi connectivity index (χ0n) is 37.6. The van der Waals surface area contributed by atoms with Gasteiger partial charge in [-0.1, -0.05) is 39.0 Å². The van der Waals surface area contributed by atoms with Gasteiger partial charge in [-0.05, 0) is 66.2 Å². The number of alkyl carbamates (subject to hydrolysis) is 1. The first-order chi connectivity index (χ1) is 28.9. The van der Waals surface area contributed by atoms with Crippen LogP contribution < -0.4 is 5.32 Å². The molecular weight excluding hydrogens is 830 g/mol. The molecule has 2 unspecified atom stereocenters. The molecule has 348 valence electrons. The van der Waals surface area contributed by atoms with E-state index < -0.39 is 142 Å². The number of allylic oxidation sites excluding steroid dienone is 1. The number of ether oxygens (including phenoxy) is 7. The minimum Gasteiger partial charge on any atom is -0.481 e. The van der Waals surface area contributed by atoms with Crippen LogP contribution in [0.4, 0.5) is 9.59 Å². The van der Waals surface area contributed by atoms with Crippen molar-refractivity contribution in [1.82, 2.24) is 5.32 Å². The fourth-order valence-corrected chi connectivity index (χ4v) is 9.81. The van der Waals surface area contributed by atoms with Crippen molar-refractivity contribution in [3.63, 3.8) is 0 Å². The number of amides is 1. The summed E-state index contributed by atoms with van der Waals surface area (Å²) in [4.78, 5) is 95.9. The summed E-state index contributed by atoms with van der Waals surface area (Å²) in [6.45, 7) is 14.6. The number of aliphatic hydroxyl groups excluding tert-OH is 2. The van der Waals surface area contributed by atoms with Crippen molar-refractivity contribution in [2.24, 2.45) is 28.1 Å². The fourth-order valence-electron chi connectivity index (χ4n) is 9.81. The van der Waals surface area contributed by atoms with Gasteiger partial charge in [0, 0.05) is 31.1 Å². The molecule has 1 aromatic carbocycles. The predicted molar refractivity (Wildman–Crippen MR) is 215 cm³/mol. The molecule has 19 nitrogen and oxygen atoms in total. The van der Waals surface area contributed by atoms with Crippen molar-refractivity contribution in [2.45, 2.75) is 142 Å². The highest BCUT2D eigenvalue weighted by Gasteiger charge is 2.79. The van der Waals surface area contributed by atoms with E-state index in [9.17, 15) is 49.2 Å². The summed E-state index contributed by atoms with van der Waals surface area (Å²) >= 11 is 0. The van der Waals surface area contributed by atoms with E-state index in [2.05, 4.69) is 5.32 Å². The fraction of sp³-hybridized carbons (Fsp3) is 0.659. The van der Waals surface area contributed by atoms with E-state index in [0.29, 0.717) is 0 Å². The van der Waals surface area contributed by atoms with Gasteiger partial charge in [0.1, 0.15) is 29.0 Å². The number of ketones is 1. The number of rotatable bonds is 10. The van der Waals surface area contributed by atoms with Gasteiger partial charge in [-0.3, -0.25) is 14.4 Å². The van der Waals surface area contributed by atoms with Gasteiger partial charge in [0.05, 0.1) is 48.2 Å². The van der Waals surface area contributed by atoms with Gasteiger partial charge in [-0.2, -0.15) is 0 Å². The number of carbonyl (C=O) groups excluding carboxylic acids is 6. The van der Waals surface area contributed by atoms with E-state index in [-0.39, 0.29) is 17.6 Å². The van der Waals surface area contributed by atoms with Crippen molar-refractivity contribution < 1.29 is 87.1 Å². The minimum absolute atomic E-state index is 0.00266. The molecule has 1 aliphatic heterocycles. The number of Topliss-reactive ketones (excluding diaryl/α,β-unsaturated/α-hetero) is 1. The summed E-state index contributed by atoms with van der Waals surface area (Å²) in [6, 6.07) is 5.71. The molecule has 5 rings (SSSR count). The number of aliphatic carboxylic acids is 1. The molecule has 5 N–H and O–H groups in total. The molecule has 3 aliphatic carbocycles. The van der Waals surface area contributed by atoms with Crippen LogP contribution in [0.2, 0.25) is 0 Å². The van der Waals surface area contributed by atoms with Gasteiger partial charge in [0.15, 0.2) is 17.5 Å². The monoisotopic (exact) mass is 889 g/mol. The maximum atomic E-state index is 15.5. The SMILES string of the molecule is COC(=O)O[C@@]12CO[C@@H]1C[C@H](O)[C@@]1(C)C(=O)C(OC(C)=O)=C3C(C)[C@](C)(OC(=O)[C@H](O)[C@@H](NC(=O)OC(C)(C)C)C(C)(C)C(=O)O)C[C@@](O)([C@@H](OC(=O)c4ccccc4)C12)C3(C)C. The predicted octanol–water partition coefficient (Wildman–Crippen LogP) is 3.38. The molecule has 2 bridgehead atoms. The van der Waals surface area contributed by atoms with Crippen molar-refractivity contribution in [3.05, 3.63) is 47.2 Å². The molecule has 0 aromatic heterocycles. The molecule has 0 radical (unpaired) electrons. The lowest BCUT2D eigenvalue weighted by Gasteiger charge is -2.67. The summed E-state index contributed by atoms with van der Waals surface area (Å²) in [5, 5.41) is 50.0. The number of hydrogen-bond acceptors (Lipinski definition) is 17. The average molecular weight is 890 g/mol. The van der Waals surface area contributed by atoms with Crippen LogP contribution in [0, 0.1) is 28.1 Å². The molecule has 3 fully saturated rings. The second-order valence-corrected chi connectivity index (χ2v) is 19.5. The molecule has 1 aromatic rings. The van der Waals surface area contributed by atoms with Gasteiger partial charge in [0.25, 0.3) is 0 Å². The van der Waals surface area contributed by atoms with Crippen LogP contribution in [0.5, 0.6) is 0 Å². The van der Waals surface area contributed by atoms with Crippen LogP contribution in [0.15, 0.2) is 41.7 Å². The minimum atomic E-state index is -2.56. The maximum Gasteiger partial charge on any atom is 0.508 e. The van der Waals surface area contributed by atoms with Crippen molar-refractivity contribution >= 4 is 41.9 Å². The standard InChI is InChI=1S/C44H59NO18/c1-21-26-28(59-22(2)46)31(49)42(11)24(47)18-25-43(20-58-25,63-37(55)57-12)29(42)32(60-33(50)23-16-14-13-15-17-23)44(56,40(26,8)9)19-41(21,10)61-34(51)27(48)30(39(6,7)35(52)53)45-36(54)62-38(3,4)5/h13-17,21,24-25,27,29-30,32,47-48,56H,18-20H2,1-12H3,(H,45,54)(H,52,53)/t21?,24-,25+,27+,29?,30+,32-,41+,42+,43-,44+/m0/s1. The lowest BCUT2D eigenvalue weighted by molar-refractivity contribution is -0.345. The zero-order chi connectivity index (χ0) is 47.6. The number of methoxy groups -OCH3 is 1. The van der Waals surface area contributed by atoms with E-state index in [0.717, 1.165) is 27.9 Å². The van der Waals surface area contributed by atoms with Crippen molar-refractivity contribution in [3.8, 4) is 0 Å². The van der Waals surface area contributed by atoms with Gasteiger partial charge >= 0.3 is 36.1 Å². The number of carbonyl (C=O) groups is 7. The molecule has 11 atom stereocenters. The number of aliphatic hydroxyl groups is 3. The molecule has 1 heterocycles. The molecule has 1 amide bonds. The topological polar surface area (TPSA) is 277 Å². The maximum absolute atomic E-state index is 15.5. The highest BCUT2D eigenvalue weighted by Crippen LogP contribution is 2.66. The summed E-state index contributed by atoms with van der Waals surface area (Å²) < 4.78 is 40.2. The van der Waals surface area contributed by atoms with Crippen LogP contribution in [0.25, 0.3) is 0 Å². The Morgan fingerprint density at radius 3 is 2.08 bits per heavy atom. The highest BCUT2D eigenvalue weighted by atomic mass is 16.8. The number of carboxylic acids is 1. The highest BCUT2D eigenvalue weighted by molar-refractivity contribution is 6.02. The lowest BCUT2D eigenvalue weighted by Crippen LogP contribution is -2.81. The van der Waals surface area contributed by atoms with Crippen LogP contribution >= 0.6 is 0 Å². The van der Waals surface area contributed by atoms with E-state index >= 15 is 4.79 Å². The number of fused-ring (bicyclic) bond motifs is 5. The van der Waals surface area contributed by atoms with Gasteiger partial charge in [-0.15, -0.1) is 0 Å². The van der Waals surface area contributed by atoms with Gasteiger partial charge in [0.2, 0.25) is 5.78 Å². The molecule has 19 heteroatoms. The summed E-state index contributed by atoms with van der Waals surface area (Å²) in [5.74, 6) is -9.65. The number of hydrogen-bond donors (Lipinski definition) is 5. The summed E-state index contributed by atoms with van der Waals surface area (Å²) in [5.41, 5.74) is -13.9. The van der Waals surface area contributed by atoms with E-state index in [4.69, 9.17) is 33.2 Å². The van der Waals surface area contributed by atoms with Crippen molar-refractivity contribution in [1.29, 1.82) is 0 Å². The summed E-state index contributed by atoms with van der Waals surface area (Å²) in [6.07, 6.45) is -10.6. The van der Waals surface area contributed by atoms with Crippen LogP contribution in [0.1, 0.15) is 99.4 Å². The van der Waals surface area contributed by atoms with Gasteiger partial charge in [-0.25, -0.2) is 19.2 Å². The van der Waals surface area contributed by atoms with Crippen LogP contribution in [-0.4, -0.2) is 129 Å².